The highest BCUT2D eigenvalue weighted by atomic mass is 32.2. The second-order valence-electron chi connectivity index (χ2n) is 7.25. The van der Waals surface area contributed by atoms with Gasteiger partial charge in [-0.3, -0.25) is 9.59 Å². The Morgan fingerprint density at radius 1 is 1.10 bits per heavy atom. The van der Waals surface area contributed by atoms with Gasteiger partial charge in [0.05, 0.1) is 10.6 Å². The van der Waals surface area contributed by atoms with E-state index in [9.17, 15) is 18.0 Å². The van der Waals surface area contributed by atoms with E-state index in [4.69, 9.17) is 0 Å². The fraction of sp³-hybridized carbons (Fsp3) is 0.400. The number of hydrogen-bond acceptors (Lipinski definition) is 8. The number of benzene rings is 1. The molecule has 1 aliphatic heterocycles. The smallest absolute Gasteiger partial charge is 0.256 e. The van der Waals surface area contributed by atoms with Gasteiger partial charge >= 0.3 is 0 Å². The second-order valence-corrected chi connectivity index (χ2v) is 9.24. The van der Waals surface area contributed by atoms with E-state index in [0.29, 0.717) is 37.8 Å². The fourth-order valence-electron chi connectivity index (χ4n) is 3.37. The predicted octanol–water partition coefficient (Wildman–Crippen LogP) is 1.04. The van der Waals surface area contributed by atoms with Gasteiger partial charge in [0.2, 0.25) is 11.9 Å². The quantitative estimate of drug-likeness (QED) is 0.698. The summed E-state index contributed by atoms with van der Waals surface area (Å²) in [6, 6.07) is 6.43. The monoisotopic (exact) mass is 446 g/mol. The average molecular weight is 447 g/mol. The van der Waals surface area contributed by atoms with Crippen LogP contribution in [0, 0.1) is 0 Å². The number of aromatic nitrogens is 2. The maximum Gasteiger partial charge on any atom is 0.256 e. The van der Waals surface area contributed by atoms with E-state index in [1.807, 2.05) is 4.90 Å². The zero-order chi connectivity index (χ0) is 22.6. The minimum absolute atomic E-state index is 0.0254. The number of carbonyl (C=O) groups is 2. The molecule has 10 nitrogen and oxygen atoms in total. The summed E-state index contributed by atoms with van der Waals surface area (Å²) in [4.78, 5) is 36.8. The van der Waals surface area contributed by atoms with Crippen molar-refractivity contribution in [2.24, 2.45) is 0 Å². The lowest BCUT2D eigenvalue weighted by atomic mass is 10.2. The number of rotatable bonds is 5. The van der Waals surface area contributed by atoms with Crippen LogP contribution in [0.25, 0.3) is 0 Å². The van der Waals surface area contributed by atoms with Crippen LogP contribution in [-0.2, 0) is 14.6 Å². The van der Waals surface area contributed by atoms with Crippen molar-refractivity contribution < 1.29 is 18.0 Å². The van der Waals surface area contributed by atoms with Crippen LogP contribution in [0.15, 0.2) is 35.4 Å². The van der Waals surface area contributed by atoms with E-state index < -0.39 is 15.7 Å². The summed E-state index contributed by atoms with van der Waals surface area (Å²) in [7, 11) is -2.00. The molecule has 1 aromatic carbocycles. The number of carbonyl (C=O) groups excluding carboxylic acids is 2. The van der Waals surface area contributed by atoms with Crippen molar-refractivity contribution in [2.75, 3.05) is 49.7 Å². The standard InChI is InChI=1S/C20H26N6O4S/c1-14(27)25-9-6-10-26(12-11-25)20-22-13-15(19(28)21-2)18(24-20)23-16-7-4-5-8-17(16)31(3,29)30/h4-5,7-8,13H,6,9-12H2,1-3H3,(H,21,28)(H,22,23,24). The van der Waals surface area contributed by atoms with E-state index in [0.717, 1.165) is 12.7 Å². The third kappa shape index (κ3) is 5.29. The lowest BCUT2D eigenvalue weighted by Crippen LogP contribution is -2.34. The molecule has 0 unspecified atom stereocenters. The Balaban J connectivity index is 1.98. The topological polar surface area (TPSA) is 125 Å². The van der Waals surface area contributed by atoms with Gasteiger partial charge in [-0.1, -0.05) is 12.1 Å². The van der Waals surface area contributed by atoms with Crippen LogP contribution in [0.2, 0.25) is 0 Å². The zero-order valence-electron chi connectivity index (χ0n) is 17.8. The van der Waals surface area contributed by atoms with Gasteiger partial charge in [0.15, 0.2) is 9.84 Å². The Kier molecular flexibility index (Phi) is 6.74. The minimum atomic E-state index is -3.50. The molecule has 2 amide bonds. The first-order chi connectivity index (χ1) is 14.7. The van der Waals surface area contributed by atoms with Crippen LogP contribution in [0.5, 0.6) is 0 Å². The van der Waals surface area contributed by atoms with Crippen molar-refractivity contribution in [3.05, 3.63) is 36.0 Å². The number of para-hydroxylation sites is 1. The van der Waals surface area contributed by atoms with Gasteiger partial charge in [0.25, 0.3) is 5.91 Å². The molecule has 2 aromatic rings. The molecule has 2 heterocycles. The molecule has 0 saturated carbocycles. The van der Waals surface area contributed by atoms with Crippen molar-refractivity contribution in [1.29, 1.82) is 0 Å². The molecule has 0 atom stereocenters. The summed E-state index contributed by atoms with van der Waals surface area (Å²) in [6.45, 7) is 3.97. The maximum atomic E-state index is 12.4. The fourth-order valence-corrected chi connectivity index (χ4v) is 4.22. The number of amides is 2. The van der Waals surface area contributed by atoms with Crippen LogP contribution < -0.4 is 15.5 Å². The molecular formula is C20H26N6O4S. The van der Waals surface area contributed by atoms with Gasteiger partial charge in [0.1, 0.15) is 11.4 Å². The van der Waals surface area contributed by atoms with Crippen LogP contribution in [0.1, 0.15) is 23.7 Å². The van der Waals surface area contributed by atoms with Crippen molar-refractivity contribution in [3.63, 3.8) is 0 Å². The zero-order valence-corrected chi connectivity index (χ0v) is 18.6. The molecule has 0 aliphatic carbocycles. The number of nitrogens with zero attached hydrogens (tertiary/aromatic N) is 4. The number of anilines is 3. The first-order valence-electron chi connectivity index (χ1n) is 9.86. The van der Waals surface area contributed by atoms with Crippen LogP contribution in [-0.4, -0.2) is 74.6 Å². The van der Waals surface area contributed by atoms with Gasteiger partial charge in [-0.15, -0.1) is 0 Å². The SMILES string of the molecule is CNC(=O)c1cnc(N2CCCN(C(C)=O)CC2)nc1Nc1ccccc1S(C)(=O)=O. The molecule has 1 aliphatic rings. The summed E-state index contributed by atoms with van der Waals surface area (Å²) in [6.07, 6.45) is 3.30. The van der Waals surface area contributed by atoms with E-state index >= 15 is 0 Å². The summed E-state index contributed by atoms with van der Waals surface area (Å²) in [5.41, 5.74) is 0.508. The third-order valence-electron chi connectivity index (χ3n) is 5.01. The Morgan fingerprint density at radius 3 is 2.52 bits per heavy atom. The molecule has 1 aromatic heterocycles. The van der Waals surface area contributed by atoms with Crippen LogP contribution >= 0.6 is 0 Å². The molecule has 1 fully saturated rings. The molecule has 31 heavy (non-hydrogen) atoms. The molecular weight excluding hydrogens is 420 g/mol. The van der Waals surface area contributed by atoms with Crippen LogP contribution in [0.3, 0.4) is 0 Å². The van der Waals surface area contributed by atoms with E-state index in [-0.39, 0.29) is 22.2 Å². The molecule has 0 radical (unpaired) electrons. The van der Waals surface area contributed by atoms with Gasteiger partial charge in [0, 0.05) is 52.6 Å². The molecule has 2 N–H and O–H groups in total. The normalized spacial score (nSPS) is 14.7. The molecule has 166 valence electrons. The highest BCUT2D eigenvalue weighted by molar-refractivity contribution is 7.90. The van der Waals surface area contributed by atoms with E-state index in [1.54, 1.807) is 30.0 Å². The average Bonchev–Trinajstić information content (AvgIpc) is 2.99. The molecule has 0 spiro atoms. The highest BCUT2D eigenvalue weighted by Crippen LogP contribution is 2.27. The summed E-state index contributed by atoms with van der Waals surface area (Å²) < 4.78 is 24.3. The lowest BCUT2D eigenvalue weighted by molar-refractivity contribution is -0.128. The Labute approximate surface area is 181 Å². The predicted molar refractivity (Wildman–Crippen MR) is 117 cm³/mol. The molecule has 1 saturated heterocycles. The maximum absolute atomic E-state index is 12.4. The van der Waals surface area contributed by atoms with Gasteiger partial charge in [-0.05, 0) is 18.6 Å². The van der Waals surface area contributed by atoms with Gasteiger partial charge in [-0.25, -0.2) is 13.4 Å². The van der Waals surface area contributed by atoms with E-state index in [2.05, 4.69) is 20.6 Å². The Hall–Kier alpha value is -3.21. The Morgan fingerprint density at radius 2 is 1.84 bits per heavy atom. The summed E-state index contributed by atoms with van der Waals surface area (Å²) in [5, 5.41) is 5.55. The summed E-state index contributed by atoms with van der Waals surface area (Å²) in [5.74, 6) is 0.229. The first-order valence-corrected chi connectivity index (χ1v) is 11.8. The molecule has 0 bridgehead atoms. The van der Waals surface area contributed by atoms with E-state index in [1.165, 1.54) is 19.3 Å². The number of sulfone groups is 1. The molecule has 11 heteroatoms. The highest BCUT2D eigenvalue weighted by Gasteiger charge is 2.22. The van der Waals surface area contributed by atoms with Crippen molar-refractivity contribution in [2.45, 2.75) is 18.2 Å². The van der Waals surface area contributed by atoms with Crippen molar-refractivity contribution in [1.82, 2.24) is 20.2 Å². The lowest BCUT2D eigenvalue weighted by Gasteiger charge is -2.22. The number of hydrogen-bond donors (Lipinski definition) is 2. The largest absolute Gasteiger partial charge is 0.355 e. The third-order valence-corrected chi connectivity index (χ3v) is 6.17. The van der Waals surface area contributed by atoms with Gasteiger partial charge in [-0.2, -0.15) is 4.98 Å². The minimum Gasteiger partial charge on any atom is -0.355 e. The molecule has 3 rings (SSSR count). The van der Waals surface area contributed by atoms with Crippen molar-refractivity contribution >= 4 is 39.1 Å². The number of nitrogens with one attached hydrogen (secondary N) is 2. The second kappa shape index (κ2) is 9.29. The van der Waals surface area contributed by atoms with Crippen molar-refractivity contribution in [3.8, 4) is 0 Å². The van der Waals surface area contributed by atoms with Crippen LogP contribution in [0.4, 0.5) is 17.5 Å². The Bertz CT molecular complexity index is 1090. The first kappa shape index (κ1) is 22.5. The van der Waals surface area contributed by atoms with Gasteiger partial charge < -0.3 is 20.4 Å². The summed E-state index contributed by atoms with van der Waals surface area (Å²) >= 11 is 0.